The summed E-state index contributed by atoms with van der Waals surface area (Å²) in [5.41, 5.74) is 6.39. The minimum absolute atomic E-state index is 0.00433. The van der Waals surface area contributed by atoms with E-state index in [0.29, 0.717) is 36.8 Å². The molecule has 0 radical (unpaired) electrons. The Morgan fingerprint density at radius 3 is 2.90 bits per heavy atom. The largest absolute Gasteiger partial charge is 0.465 e. The number of carbonyl (C=O) groups excluding carboxylic acids is 1. The van der Waals surface area contributed by atoms with Crippen molar-refractivity contribution in [2.24, 2.45) is 11.7 Å². The van der Waals surface area contributed by atoms with Gasteiger partial charge in [-0.3, -0.25) is 10.1 Å². The van der Waals surface area contributed by atoms with E-state index in [2.05, 4.69) is 4.74 Å². The summed E-state index contributed by atoms with van der Waals surface area (Å²) in [6.07, 6.45) is 0.899. The van der Waals surface area contributed by atoms with Gasteiger partial charge in [-0.15, -0.1) is 0 Å². The van der Waals surface area contributed by atoms with E-state index < -0.39 is 10.9 Å². The van der Waals surface area contributed by atoms with Gasteiger partial charge in [0, 0.05) is 19.2 Å². The van der Waals surface area contributed by atoms with Gasteiger partial charge in [-0.2, -0.15) is 0 Å². The number of nitrogens with zero attached hydrogens (tertiary/aromatic N) is 2. The molecule has 2 N–H and O–H groups in total. The van der Waals surface area contributed by atoms with Crippen LogP contribution in [-0.4, -0.2) is 37.6 Å². The van der Waals surface area contributed by atoms with Gasteiger partial charge in [-0.25, -0.2) is 4.79 Å². The topological polar surface area (TPSA) is 98.7 Å². The van der Waals surface area contributed by atoms with E-state index in [4.69, 9.17) is 5.73 Å². The van der Waals surface area contributed by atoms with Gasteiger partial charge < -0.3 is 15.4 Å². The van der Waals surface area contributed by atoms with Crippen molar-refractivity contribution in [2.45, 2.75) is 6.42 Å². The molecule has 0 spiro atoms. The summed E-state index contributed by atoms with van der Waals surface area (Å²) in [5.74, 6) is -0.174. The lowest BCUT2D eigenvalue weighted by Crippen LogP contribution is -2.23. The number of hydrogen-bond acceptors (Lipinski definition) is 6. The van der Waals surface area contributed by atoms with E-state index in [-0.39, 0.29) is 5.69 Å². The zero-order valence-corrected chi connectivity index (χ0v) is 11.2. The van der Waals surface area contributed by atoms with Gasteiger partial charge >= 0.3 is 5.97 Å². The Balaban J connectivity index is 2.37. The summed E-state index contributed by atoms with van der Waals surface area (Å²) in [7, 11) is 1.28. The molecule has 1 aliphatic heterocycles. The van der Waals surface area contributed by atoms with E-state index in [1.165, 1.54) is 25.3 Å². The molecule has 0 aliphatic carbocycles. The first kappa shape index (κ1) is 14.3. The molecule has 1 heterocycles. The Morgan fingerprint density at radius 2 is 2.35 bits per heavy atom. The van der Waals surface area contributed by atoms with E-state index in [1.54, 1.807) is 0 Å². The number of ether oxygens (including phenoxy) is 1. The van der Waals surface area contributed by atoms with E-state index in [1.807, 2.05) is 4.90 Å². The molecule has 0 aromatic heterocycles. The van der Waals surface area contributed by atoms with Gasteiger partial charge in [-0.05, 0) is 31.0 Å². The van der Waals surface area contributed by atoms with Crippen molar-refractivity contribution in [3.05, 3.63) is 33.9 Å². The number of nitro groups is 1. The summed E-state index contributed by atoms with van der Waals surface area (Å²) in [5, 5.41) is 11.1. The molecule has 0 saturated carbocycles. The average molecular weight is 279 g/mol. The highest BCUT2D eigenvalue weighted by molar-refractivity contribution is 5.91. The molecule has 0 amide bonds. The van der Waals surface area contributed by atoms with E-state index in [0.717, 1.165) is 6.42 Å². The third kappa shape index (κ3) is 2.72. The number of nitro benzene ring substituents is 1. The lowest BCUT2D eigenvalue weighted by Gasteiger charge is -2.19. The number of carbonyl (C=O) groups is 1. The summed E-state index contributed by atoms with van der Waals surface area (Å²) in [6, 6.07) is 4.27. The third-order valence-electron chi connectivity index (χ3n) is 3.55. The predicted octanol–water partition coefficient (Wildman–Crippen LogP) is 1.17. The Morgan fingerprint density at radius 1 is 1.60 bits per heavy atom. The van der Waals surface area contributed by atoms with Crippen LogP contribution in [0, 0.1) is 16.0 Å². The van der Waals surface area contributed by atoms with Crippen molar-refractivity contribution in [3.63, 3.8) is 0 Å². The van der Waals surface area contributed by atoms with Gasteiger partial charge in [0.1, 0.15) is 5.69 Å². The Hall–Kier alpha value is -2.15. The Bertz CT molecular complexity index is 532. The summed E-state index contributed by atoms with van der Waals surface area (Å²) in [6.45, 7) is 1.93. The van der Waals surface area contributed by atoms with Crippen LogP contribution in [0.5, 0.6) is 0 Å². The molecule has 1 aromatic carbocycles. The van der Waals surface area contributed by atoms with Gasteiger partial charge in [-0.1, -0.05) is 0 Å². The lowest BCUT2D eigenvalue weighted by atomic mass is 10.1. The van der Waals surface area contributed by atoms with Gasteiger partial charge in [0.2, 0.25) is 0 Å². The quantitative estimate of drug-likeness (QED) is 0.504. The van der Waals surface area contributed by atoms with Crippen LogP contribution in [0.3, 0.4) is 0 Å². The Labute approximate surface area is 116 Å². The zero-order valence-electron chi connectivity index (χ0n) is 11.2. The van der Waals surface area contributed by atoms with Crippen LogP contribution in [0.4, 0.5) is 11.4 Å². The fourth-order valence-electron chi connectivity index (χ4n) is 2.42. The molecule has 1 aliphatic rings. The molecule has 1 atom stereocenters. The first-order chi connectivity index (χ1) is 9.56. The Kier molecular flexibility index (Phi) is 4.19. The smallest absolute Gasteiger partial charge is 0.337 e. The van der Waals surface area contributed by atoms with Crippen LogP contribution in [0.2, 0.25) is 0 Å². The predicted molar refractivity (Wildman–Crippen MR) is 73.8 cm³/mol. The van der Waals surface area contributed by atoms with Crippen molar-refractivity contribution >= 4 is 17.3 Å². The second-order valence-electron chi connectivity index (χ2n) is 4.79. The highest BCUT2D eigenvalue weighted by Crippen LogP contribution is 2.33. The number of benzene rings is 1. The molecule has 0 bridgehead atoms. The molecular weight excluding hydrogens is 262 g/mol. The minimum Gasteiger partial charge on any atom is -0.465 e. The minimum atomic E-state index is -0.504. The third-order valence-corrected chi connectivity index (χ3v) is 3.55. The van der Waals surface area contributed by atoms with E-state index in [9.17, 15) is 14.9 Å². The van der Waals surface area contributed by atoms with Crippen molar-refractivity contribution in [2.75, 3.05) is 31.6 Å². The molecule has 20 heavy (non-hydrogen) atoms. The van der Waals surface area contributed by atoms with Gasteiger partial charge in [0.15, 0.2) is 0 Å². The average Bonchev–Trinajstić information content (AvgIpc) is 2.94. The molecule has 1 aromatic rings. The maximum Gasteiger partial charge on any atom is 0.337 e. The van der Waals surface area contributed by atoms with Crippen LogP contribution < -0.4 is 10.6 Å². The number of nitrogens with two attached hydrogens (primary N) is 1. The second kappa shape index (κ2) is 5.87. The fourth-order valence-corrected chi connectivity index (χ4v) is 2.42. The molecule has 2 rings (SSSR count). The summed E-state index contributed by atoms with van der Waals surface area (Å²) in [4.78, 5) is 24.1. The highest BCUT2D eigenvalue weighted by atomic mass is 16.6. The van der Waals surface area contributed by atoms with Crippen LogP contribution in [0.15, 0.2) is 18.2 Å². The van der Waals surface area contributed by atoms with Crippen LogP contribution in [0.1, 0.15) is 16.8 Å². The monoisotopic (exact) mass is 279 g/mol. The normalized spacial score (nSPS) is 18.1. The van der Waals surface area contributed by atoms with Gasteiger partial charge in [0.05, 0.1) is 17.6 Å². The maximum atomic E-state index is 11.6. The number of methoxy groups -OCH3 is 1. The van der Waals surface area contributed by atoms with Crippen molar-refractivity contribution in [3.8, 4) is 0 Å². The molecule has 108 valence electrons. The first-order valence-corrected chi connectivity index (χ1v) is 6.38. The molecule has 7 heteroatoms. The van der Waals surface area contributed by atoms with Crippen molar-refractivity contribution < 1.29 is 14.5 Å². The zero-order chi connectivity index (χ0) is 14.7. The van der Waals surface area contributed by atoms with Crippen molar-refractivity contribution in [1.82, 2.24) is 0 Å². The molecule has 1 saturated heterocycles. The maximum absolute atomic E-state index is 11.6. The molecule has 1 unspecified atom stereocenters. The molecular formula is C13H17N3O4. The first-order valence-electron chi connectivity index (χ1n) is 6.38. The number of rotatable bonds is 4. The van der Waals surface area contributed by atoms with Gasteiger partial charge in [0.25, 0.3) is 5.69 Å². The molecule has 1 fully saturated rings. The van der Waals surface area contributed by atoms with Crippen molar-refractivity contribution in [1.29, 1.82) is 0 Å². The number of anilines is 1. The van der Waals surface area contributed by atoms with Crippen LogP contribution in [-0.2, 0) is 4.74 Å². The number of esters is 1. The SMILES string of the molecule is COC(=O)c1ccc([N+](=O)[O-])c(N2CCC(CN)C2)c1. The standard InChI is InChI=1S/C13H17N3O4/c1-20-13(17)10-2-3-11(16(18)19)12(6-10)15-5-4-9(7-14)8-15/h2-3,6,9H,4-5,7-8,14H2,1H3. The second-order valence-corrected chi connectivity index (χ2v) is 4.79. The summed E-state index contributed by atoms with van der Waals surface area (Å²) >= 11 is 0. The lowest BCUT2D eigenvalue weighted by molar-refractivity contribution is -0.384. The highest BCUT2D eigenvalue weighted by Gasteiger charge is 2.27. The molecule has 7 nitrogen and oxygen atoms in total. The van der Waals surface area contributed by atoms with Crippen LogP contribution in [0.25, 0.3) is 0 Å². The van der Waals surface area contributed by atoms with Crippen LogP contribution >= 0.6 is 0 Å². The number of hydrogen-bond donors (Lipinski definition) is 1. The summed E-state index contributed by atoms with van der Waals surface area (Å²) < 4.78 is 4.65. The van der Waals surface area contributed by atoms with E-state index >= 15 is 0 Å². The fraction of sp³-hybridized carbons (Fsp3) is 0.462.